The van der Waals surface area contributed by atoms with Crippen molar-refractivity contribution in [1.29, 1.82) is 0 Å². The first-order chi connectivity index (χ1) is 21.7. The van der Waals surface area contributed by atoms with Gasteiger partial charge in [-0.15, -0.1) is 0 Å². The van der Waals surface area contributed by atoms with Crippen molar-refractivity contribution in [2.24, 2.45) is 46.3 Å². The summed E-state index contributed by atoms with van der Waals surface area (Å²) < 4.78 is 6.03. The zero-order chi connectivity index (χ0) is 32.3. The molecule has 0 unspecified atom stereocenters. The second-order valence-corrected chi connectivity index (χ2v) is 17.3. The Morgan fingerprint density at radius 3 is 2.22 bits per heavy atom. The quantitative estimate of drug-likeness (QED) is 0.0620. The third kappa shape index (κ3) is 9.75. The van der Waals surface area contributed by atoms with Gasteiger partial charge in [-0.25, -0.2) is 4.79 Å². The summed E-state index contributed by atoms with van der Waals surface area (Å²) >= 11 is 0. The minimum atomic E-state index is -0.117. The fourth-order valence-electron chi connectivity index (χ4n) is 11.1. The molecular formula is C43H74O2. The summed E-state index contributed by atoms with van der Waals surface area (Å²) in [4.78, 5) is 12.7. The molecule has 2 nitrogen and oxygen atoms in total. The molecule has 0 heterocycles. The molecule has 2 heteroatoms. The van der Waals surface area contributed by atoms with E-state index >= 15 is 0 Å². The number of rotatable bonds is 19. The van der Waals surface area contributed by atoms with Crippen LogP contribution in [0.2, 0.25) is 0 Å². The van der Waals surface area contributed by atoms with Gasteiger partial charge in [0, 0.05) is 12.5 Å². The number of carbonyl (C=O) groups is 1. The molecule has 0 aromatic carbocycles. The van der Waals surface area contributed by atoms with E-state index in [1.807, 2.05) is 0 Å². The van der Waals surface area contributed by atoms with Crippen LogP contribution in [0, 0.1) is 46.3 Å². The van der Waals surface area contributed by atoms with Crippen LogP contribution < -0.4 is 0 Å². The summed E-state index contributed by atoms with van der Waals surface area (Å²) in [5.74, 6) is 5.11. The van der Waals surface area contributed by atoms with E-state index in [9.17, 15) is 4.79 Å². The summed E-state index contributed by atoms with van der Waals surface area (Å²) in [5.41, 5.74) is 2.49. The lowest BCUT2D eigenvalue weighted by Crippen LogP contribution is -2.51. The van der Waals surface area contributed by atoms with Gasteiger partial charge < -0.3 is 4.74 Å². The lowest BCUT2D eigenvalue weighted by Gasteiger charge is -2.58. The average molecular weight is 623 g/mol. The van der Waals surface area contributed by atoms with Crippen molar-refractivity contribution in [1.82, 2.24) is 0 Å². The van der Waals surface area contributed by atoms with Crippen LogP contribution in [0.3, 0.4) is 0 Å². The van der Waals surface area contributed by atoms with Gasteiger partial charge in [0.05, 0.1) is 0 Å². The van der Waals surface area contributed by atoms with Crippen molar-refractivity contribution in [2.75, 3.05) is 0 Å². The largest absolute Gasteiger partial charge is 0.459 e. The van der Waals surface area contributed by atoms with Crippen molar-refractivity contribution in [3.05, 3.63) is 23.8 Å². The number of ether oxygens (including phenoxy) is 1. The molecule has 0 saturated heterocycles. The molecule has 0 amide bonds. The first kappa shape index (κ1) is 36.8. The normalized spacial score (nSPS) is 33.5. The van der Waals surface area contributed by atoms with Gasteiger partial charge in [-0.1, -0.05) is 143 Å². The third-order valence-electron chi connectivity index (χ3n) is 13.8. The first-order valence-electron chi connectivity index (χ1n) is 20.3. The number of hydrogen-bond donors (Lipinski definition) is 0. The second-order valence-electron chi connectivity index (χ2n) is 17.3. The highest BCUT2D eigenvalue weighted by Crippen LogP contribution is 2.67. The molecule has 0 aliphatic heterocycles. The molecule has 0 radical (unpaired) electrons. The van der Waals surface area contributed by atoms with Gasteiger partial charge in [-0.3, -0.25) is 0 Å². The van der Waals surface area contributed by atoms with Crippen LogP contribution in [0.5, 0.6) is 0 Å². The van der Waals surface area contributed by atoms with Crippen LogP contribution >= 0.6 is 0 Å². The van der Waals surface area contributed by atoms with Crippen molar-refractivity contribution in [3.8, 4) is 0 Å². The summed E-state index contributed by atoms with van der Waals surface area (Å²) in [7, 11) is 0. The Hall–Kier alpha value is -1.05. The highest BCUT2D eigenvalue weighted by atomic mass is 16.5. The minimum Gasteiger partial charge on any atom is -0.459 e. The molecular weight excluding hydrogens is 548 g/mol. The monoisotopic (exact) mass is 623 g/mol. The molecule has 258 valence electrons. The number of unbranched alkanes of at least 4 members (excludes halogenated alkanes) is 11. The van der Waals surface area contributed by atoms with E-state index in [0.29, 0.717) is 10.8 Å². The van der Waals surface area contributed by atoms with Crippen LogP contribution in [0.25, 0.3) is 0 Å². The molecule has 3 saturated carbocycles. The Balaban J connectivity index is 1.17. The molecule has 45 heavy (non-hydrogen) atoms. The Bertz CT molecular complexity index is 945. The lowest BCUT2D eigenvalue weighted by molar-refractivity contribution is -0.145. The van der Waals surface area contributed by atoms with E-state index in [-0.39, 0.29) is 12.1 Å². The molecule has 3 fully saturated rings. The van der Waals surface area contributed by atoms with Gasteiger partial charge in [0.25, 0.3) is 0 Å². The van der Waals surface area contributed by atoms with Crippen molar-refractivity contribution >= 4 is 5.97 Å². The predicted octanol–water partition coefficient (Wildman–Crippen LogP) is 13.2. The molecule has 0 aromatic heterocycles. The summed E-state index contributed by atoms with van der Waals surface area (Å²) in [6.45, 7) is 14.9. The highest BCUT2D eigenvalue weighted by Gasteiger charge is 2.59. The number of hydrogen-bond acceptors (Lipinski definition) is 2. The van der Waals surface area contributed by atoms with Crippen molar-refractivity contribution in [3.63, 3.8) is 0 Å². The average Bonchev–Trinajstić information content (AvgIpc) is 3.37. The van der Waals surface area contributed by atoms with E-state index in [4.69, 9.17) is 4.74 Å². The zero-order valence-electron chi connectivity index (χ0n) is 30.9. The maximum absolute atomic E-state index is 12.7. The van der Waals surface area contributed by atoms with Crippen molar-refractivity contribution < 1.29 is 9.53 Å². The molecule has 4 aliphatic rings. The molecule has 0 N–H and O–H groups in total. The zero-order valence-corrected chi connectivity index (χ0v) is 30.9. The number of fused-ring (bicyclic) bond motifs is 5. The van der Waals surface area contributed by atoms with Gasteiger partial charge >= 0.3 is 5.97 Å². The van der Waals surface area contributed by atoms with Crippen LogP contribution in [0.1, 0.15) is 189 Å². The lowest BCUT2D eigenvalue weighted by atomic mass is 9.47. The van der Waals surface area contributed by atoms with E-state index in [1.165, 1.54) is 128 Å². The SMILES string of the molecule is CCCCCCCCCCCCCC=CC(=O)O[C@H]1CC[C@@]2(C)C(=CC[C@H]3[C@@H]4CC[C@H]([C@H](C)CCCC(C)C)[C@@]4(C)CC[C@@H]32)C1. The van der Waals surface area contributed by atoms with Crippen LogP contribution in [0.15, 0.2) is 23.8 Å². The topological polar surface area (TPSA) is 26.3 Å². The summed E-state index contributed by atoms with van der Waals surface area (Å²) in [5, 5.41) is 0. The molecule has 4 rings (SSSR count). The second kappa shape index (κ2) is 17.9. The van der Waals surface area contributed by atoms with Gasteiger partial charge in [0.2, 0.25) is 0 Å². The number of carbonyl (C=O) groups excluding carboxylic acids is 1. The van der Waals surface area contributed by atoms with E-state index in [2.05, 4.69) is 53.7 Å². The fraction of sp³-hybridized carbons (Fsp3) is 0.884. The fourth-order valence-corrected chi connectivity index (χ4v) is 11.1. The van der Waals surface area contributed by atoms with Gasteiger partial charge in [-0.05, 0) is 104 Å². The smallest absolute Gasteiger partial charge is 0.330 e. The van der Waals surface area contributed by atoms with Crippen LogP contribution in [-0.2, 0) is 9.53 Å². The Labute approximate surface area is 280 Å². The summed E-state index contributed by atoms with van der Waals surface area (Å²) in [6.07, 6.45) is 36.9. The molecule has 4 aliphatic carbocycles. The predicted molar refractivity (Wildman–Crippen MR) is 193 cm³/mol. The molecule has 0 bridgehead atoms. The standard InChI is InChI=1S/C43H74O2/c1-7-8-9-10-11-12-13-14-15-16-17-18-19-23-41(44)45-36-28-30-42(5)35(32-36)24-25-37-39-27-26-38(34(4)22-20-21-33(2)3)43(39,6)31-29-40(37)42/h19,23-24,33-34,36-40H,7-18,20-22,25-32H2,1-6H3/t34-,36+,37+,38-,39+,40+,42+,43-/m1/s1. The maximum atomic E-state index is 12.7. The third-order valence-corrected chi connectivity index (χ3v) is 13.8. The van der Waals surface area contributed by atoms with Crippen molar-refractivity contribution in [2.45, 2.75) is 195 Å². The summed E-state index contributed by atoms with van der Waals surface area (Å²) in [6, 6.07) is 0. The van der Waals surface area contributed by atoms with Crippen LogP contribution in [-0.4, -0.2) is 12.1 Å². The van der Waals surface area contributed by atoms with E-state index < -0.39 is 0 Å². The van der Waals surface area contributed by atoms with E-state index in [0.717, 1.165) is 54.8 Å². The van der Waals surface area contributed by atoms with Crippen LogP contribution in [0.4, 0.5) is 0 Å². The molecule has 0 aromatic rings. The Kier molecular flexibility index (Phi) is 14.6. The first-order valence-corrected chi connectivity index (χ1v) is 20.3. The van der Waals surface area contributed by atoms with Gasteiger partial charge in [0.1, 0.15) is 6.10 Å². The van der Waals surface area contributed by atoms with Gasteiger partial charge in [-0.2, -0.15) is 0 Å². The number of allylic oxidation sites excluding steroid dienone is 2. The van der Waals surface area contributed by atoms with E-state index in [1.54, 1.807) is 11.6 Å². The molecule has 0 spiro atoms. The molecule has 8 atom stereocenters. The highest BCUT2D eigenvalue weighted by molar-refractivity contribution is 5.82. The number of esters is 1. The Morgan fingerprint density at radius 1 is 0.844 bits per heavy atom. The minimum absolute atomic E-state index is 0.0661. The Morgan fingerprint density at radius 2 is 1.53 bits per heavy atom. The van der Waals surface area contributed by atoms with Gasteiger partial charge in [0.15, 0.2) is 0 Å². The maximum Gasteiger partial charge on any atom is 0.330 e.